The van der Waals surface area contributed by atoms with Gasteiger partial charge in [-0.1, -0.05) is 6.42 Å². The van der Waals surface area contributed by atoms with Crippen LogP contribution in [0.15, 0.2) is 22.8 Å². The van der Waals surface area contributed by atoms with E-state index in [0.717, 1.165) is 16.8 Å². The summed E-state index contributed by atoms with van der Waals surface area (Å²) < 4.78 is 1.04. The molecule has 4 heteroatoms. The number of hydrogen-bond donors (Lipinski definition) is 1. The Bertz CT molecular complexity index is 343. The fraction of sp³-hybridized carbons (Fsp3) is 0.583. The van der Waals surface area contributed by atoms with E-state index in [0.29, 0.717) is 6.04 Å². The highest BCUT2D eigenvalue weighted by atomic mass is 79.9. The van der Waals surface area contributed by atoms with Crippen molar-refractivity contribution in [2.45, 2.75) is 25.3 Å². The van der Waals surface area contributed by atoms with Gasteiger partial charge in [0.2, 0.25) is 0 Å². The van der Waals surface area contributed by atoms with Crippen LogP contribution in [0.1, 0.15) is 19.3 Å². The fourth-order valence-corrected chi connectivity index (χ4v) is 2.53. The topological polar surface area (TPSA) is 28.2 Å². The van der Waals surface area contributed by atoms with Crippen molar-refractivity contribution < 1.29 is 0 Å². The smallest absolute Gasteiger partial charge is 0.140 e. The second-order valence-electron chi connectivity index (χ2n) is 4.34. The van der Waals surface area contributed by atoms with E-state index in [9.17, 15) is 0 Å². The molecule has 2 rings (SSSR count). The largest absolute Gasteiger partial charge is 0.368 e. The Morgan fingerprint density at radius 2 is 2.44 bits per heavy atom. The average molecular weight is 284 g/mol. The third-order valence-electron chi connectivity index (χ3n) is 3.19. The molecule has 0 amide bonds. The van der Waals surface area contributed by atoms with Gasteiger partial charge >= 0.3 is 0 Å². The summed E-state index contributed by atoms with van der Waals surface area (Å²) in [6.07, 6.45) is 5.78. The molecule has 1 aromatic rings. The van der Waals surface area contributed by atoms with Crippen LogP contribution in [0.4, 0.5) is 5.82 Å². The van der Waals surface area contributed by atoms with E-state index >= 15 is 0 Å². The summed E-state index contributed by atoms with van der Waals surface area (Å²) >= 11 is 3.50. The lowest BCUT2D eigenvalue weighted by Gasteiger charge is -2.32. The van der Waals surface area contributed by atoms with Crippen molar-refractivity contribution in [3.8, 4) is 0 Å². The average Bonchev–Trinajstić information content (AvgIpc) is 2.30. The number of halogens is 1. The van der Waals surface area contributed by atoms with E-state index in [-0.39, 0.29) is 0 Å². The highest BCUT2D eigenvalue weighted by Crippen LogP contribution is 2.20. The highest BCUT2D eigenvalue weighted by Gasteiger charge is 2.18. The Hall–Kier alpha value is -0.610. The van der Waals surface area contributed by atoms with Gasteiger partial charge < -0.3 is 10.2 Å². The van der Waals surface area contributed by atoms with E-state index in [1.165, 1.54) is 25.8 Å². The molecular formula is C12H18BrN3. The Morgan fingerprint density at radius 1 is 1.56 bits per heavy atom. The quantitative estimate of drug-likeness (QED) is 0.925. The van der Waals surface area contributed by atoms with Crippen LogP contribution < -0.4 is 5.32 Å². The second kappa shape index (κ2) is 5.64. The molecule has 1 saturated heterocycles. The van der Waals surface area contributed by atoms with Crippen molar-refractivity contribution in [3.63, 3.8) is 0 Å². The lowest BCUT2D eigenvalue weighted by molar-refractivity contribution is 0.194. The van der Waals surface area contributed by atoms with Crippen LogP contribution in [0.5, 0.6) is 0 Å². The van der Waals surface area contributed by atoms with Gasteiger partial charge in [0.1, 0.15) is 5.82 Å². The van der Waals surface area contributed by atoms with Crippen molar-refractivity contribution in [2.75, 3.05) is 25.5 Å². The maximum absolute atomic E-state index is 4.31. The normalized spacial score (nSPS) is 22.0. The van der Waals surface area contributed by atoms with Gasteiger partial charge in [-0.3, -0.25) is 0 Å². The van der Waals surface area contributed by atoms with Crippen LogP contribution in [0.25, 0.3) is 0 Å². The third-order valence-corrected chi connectivity index (χ3v) is 3.83. The molecule has 1 N–H and O–H groups in total. The number of aromatic nitrogens is 1. The Morgan fingerprint density at radius 3 is 3.19 bits per heavy atom. The standard InChI is InChI=1S/C12H18BrN3/c1-16-8-3-2-5-10(16)9-15-12-11(13)6-4-7-14-12/h4,6-7,10H,2-3,5,8-9H2,1H3,(H,14,15). The van der Waals surface area contributed by atoms with Crippen LogP contribution in [-0.4, -0.2) is 36.1 Å². The zero-order valence-corrected chi connectivity index (χ0v) is 11.2. The summed E-state index contributed by atoms with van der Waals surface area (Å²) in [5.74, 6) is 0.946. The first-order valence-electron chi connectivity index (χ1n) is 5.82. The third kappa shape index (κ3) is 2.95. The molecule has 0 aromatic carbocycles. The van der Waals surface area contributed by atoms with E-state index < -0.39 is 0 Å². The monoisotopic (exact) mass is 283 g/mol. The van der Waals surface area contributed by atoms with E-state index in [2.05, 4.69) is 38.2 Å². The maximum Gasteiger partial charge on any atom is 0.140 e. The van der Waals surface area contributed by atoms with Gasteiger partial charge in [-0.25, -0.2) is 4.98 Å². The van der Waals surface area contributed by atoms with Crippen molar-refractivity contribution >= 4 is 21.7 Å². The molecule has 0 aliphatic carbocycles. The molecule has 1 fully saturated rings. The minimum absolute atomic E-state index is 0.641. The molecule has 0 bridgehead atoms. The van der Waals surface area contributed by atoms with Crippen LogP contribution in [0.3, 0.4) is 0 Å². The molecule has 3 nitrogen and oxygen atoms in total. The predicted octanol–water partition coefficient (Wildman–Crippen LogP) is 2.74. The van der Waals surface area contributed by atoms with Crippen molar-refractivity contribution in [1.82, 2.24) is 9.88 Å². The van der Waals surface area contributed by atoms with E-state index in [1.54, 1.807) is 0 Å². The summed E-state index contributed by atoms with van der Waals surface area (Å²) in [5.41, 5.74) is 0. The molecule has 0 spiro atoms. The first-order chi connectivity index (χ1) is 7.77. The van der Waals surface area contributed by atoms with Crippen LogP contribution >= 0.6 is 15.9 Å². The number of likely N-dealkylation sites (N-methyl/N-ethyl adjacent to an activating group) is 1. The van der Waals surface area contributed by atoms with Gasteiger partial charge in [0, 0.05) is 18.8 Å². The number of pyridine rings is 1. The molecule has 1 aliphatic rings. The minimum Gasteiger partial charge on any atom is -0.368 e. The number of hydrogen-bond acceptors (Lipinski definition) is 3. The number of anilines is 1. The molecule has 1 aromatic heterocycles. The van der Waals surface area contributed by atoms with Crippen LogP contribution in [0.2, 0.25) is 0 Å². The maximum atomic E-state index is 4.31. The number of nitrogens with zero attached hydrogens (tertiary/aromatic N) is 2. The van der Waals surface area contributed by atoms with Gasteiger partial charge in [-0.2, -0.15) is 0 Å². The Kier molecular flexibility index (Phi) is 4.18. The number of likely N-dealkylation sites (tertiary alicyclic amines) is 1. The van der Waals surface area contributed by atoms with Crippen molar-refractivity contribution in [3.05, 3.63) is 22.8 Å². The van der Waals surface area contributed by atoms with E-state index in [4.69, 9.17) is 0 Å². The van der Waals surface area contributed by atoms with Gasteiger partial charge in [-0.05, 0) is 54.5 Å². The Labute approximate surface area is 105 Å². The molecule has 0 radical (unpaired) electrons. The molecule has 0 saturated carbocycles. The zero-order chi connectivity index (χ0) is 11.4. The number of rotatable bonds is 3. The predicted molar refractivity (Wildman–Crippen MR) is 70.7 cm³/mol. The zero-order valence-electron chi connectivity index (χ0n) is 9.62. The van der Waals surface area contributed by atoms with Gasteiger partial charge in [0.05, 0.1) is 4.47 Å². The van der Waals surface area contributed by atoms with Gasteiger partial charge in [-0.15, -0.1) is 0 Å². The first-order valence-corrected chi connectivity index (χ1v) is 6.61. The molecule has 1 atom stereocenters. The lowest BCUT2D eigenvalue weighted by atomic mass is 10.0. The first kappa shape index (κ1) is 11.9. The van der Waals surface area contributed by atoms with Crippen molar-refractivity contribution in [2.24, 2.45) is 0 Å². The van der Waals surface area contributed by atoms with Crippen molar-refractivity contribution in [1.29, 1.82) is 0 Å². The second-order valence-corrected chi connectivity index (χ2v) is 5.20. The van der Waals surface area contributed by atoms with Gasteiger partial charge in [0.25, 0.3) is 0 Å². The fourth-order valence-electron chi connectivity index (χ4n) is 2.13. The SMILES string of the molecule is CN1CCCCC1CNc1ncccc1Br. The summed E-state index contributed by atoms with van der Waals surface area (Å²) in [4.78, 5) is 6.75. The summed E-state index contributed by atoms with van der Waals surface area (Å²) in [5, 5.41) is 3.41. The van der Waals surface area contributed by atoms with E-state index in [1.807, 2.05) is 18.3 Å². The van der Waals surface area contributed by atoms with Crippen LogP contribution in [0, 0.1) is 0 Å². The number of nitrogens with one attached hydrogen (secondary N) is 1. The molecule has 2 heterocycles. The lowest BCUT2D eigenvalue weighted by Crippen LogP contribution is -2.40. The molecular weight excluding hydrogens is 266 g/mol. The van der Waals surface area contributed by atoms with Gasteiger partial charge in [0.15, 0.2) is 0 Å². The molecule has 88 valence electrons. The highest BCUT2D eigenvalue weighted by molar-refractivity contribution is 9.10. The number of piperidine rings is 1. The molecule has 1 aliphatic heterocycles. The summed E-state index contributed by atoms with van der Waals surface area (Å²) in [6.45, 7) is 2.20. The summed E-state index contributed by atoms with van der Waals surface area (Å²) in [6, 6.07) is 4.59. The summed E-state index contributed by atoms with van der Waals surface area (Å²) in [7, 11) is 2.21. The molecule has 16 heavy (non-hydrogen) atoms. The minimum atomic E-state index is 0.641. The Balaban J connectivity index is 1.89. The molecule has 1 unspecified atom stereocenters. The van der Waals surface area contributed by atoms with Crippen LogP contribution in [-0.2, 0) is 0 Å².